The van der Waals surface area contributed by atoms with Crippen molar-refractivity contribution in [2.75, 3.05) is 20.8 Å². The minimum absolute atomic E-state index is 0.302. The van der Waals surface area contributed by atoms with Crippen molar-refractivity contribution in [2.24, 2.45) is 0 Å². The first-order chi connectivity index (χ1) is 13.7. The first kappa shape index (κ1) is 19.6. The molecule has 0 aliphatic heterocycles. The number of rotatable bonds is 9. The van der Waals surface area contributed by atoms with Crippen molar-refractivity contribution in [3.8, 4) is 11.5 Å². The minimum atomic E-state index is -0.858. The molecule has 3 aromatic rings. The molecule has 0 heterocycles. The van der Waals surface area contributed by atoms with Crippen LogP contribution in [0, 0.1) is 0 Å². The van der Waals surface area contributed by atoms with Crippen molar-refractivity contribution in [1.29, 1.82) is 0 Å². The summed E-state index contributed by atoms with van der Waals surface area (Å²) in [6.45, 7) is 0.302. The molecule has 4 heteroatoms. The number of carbonyl (C=O) groups excluding carboxylic acids is 1. The van der Waals surface area contributed by atoms with Crippen LogP contribution in [0.2, 0.25) is 0 Å². The predicted molar refractivity (Wildman–Crippen MR) is 109 cm³/mol. The van der Waals surface area contributed by atoms with Crippen LogP contribution < -0.4 is 9.47 Å². The van der Waals surface area contributed by atoms with Gasteiger partial charge in [-0.2, -0.15) is 0 Å². The molecule has 0 aliphatic rings. The quantitative estimate of drug-likeness (QED) is 0.311. The highest BCUT2D eigenvalue weighted by atomic mass is 16.5. The Hall–Kier alpha value is -3.11. The first-order valence-electron chi connectivity index (χ1n) is 9.16. The van der Waals surface area contributed by atoms with E-state index in [2.05, 4.69) is 0 Å². The van der Waals surface area contributed by atoms with E-state index in [9.17, 15) is 4.79 Å². The van der Waals surface area contributed by atoms with E-state index in [1.54, 1.807) is 14.2 Å². The highest BCUT2D eigenvalue weighted by Gasteiger charge is 2.37. The minimum Gasteiger partial charge on any atom is -0.497 e. The number of hydrogen-bond donors (Lipinski definition) is 0. The normalized spacial score (nSPS) is 11.1. The van der Waals surface area contributed by atoms with Gasteiger partial charge in [0.25, 0.3) is 0 Å². The maximum absolute atomic E-state index is 11.0. The molecule has 4 nitrogen and oxygen atoms in total. The summed E-state index contributed by atoms with van der Waals surface area (Å²) < 4.78 is 17.1. The largest absolute Gasteiger partial charge is 0.497 e. The number of ether oxygens (including phenoxy) is 3. The Morgan fingerprint density at radius 2 is 1.18 bits per heavy atom. The zero-order chi connectivity index (χ0) is 19.8. The predicted octanol–water partition coefficient (Wildman–Crippen LogP) is 4.60. The number of hydrogen-bond acceptors (Lipinski definition) is 4. The fraction of sp³-hybridized carbons (Fsp3) is 0.208. The van der Waals surface area contributed by atoms with E-state index < -0.39 is 5.60 Å². The Morgan fingerprint density at radius 3 is 1.61 bits per heavy atom. The molecule has 0 bridgehead atoms. The van der Waals surface area contributed by atoms with Crippen LogP contribution in [0.25, 0.3) is 0 Å². The Bertz CT molecular complexity index is 823. The first-order valence-corrected chi connectivity index (χ1v) is 9.16. The molecule has 28 heavy (non-hydrogen) atoms. The van der Waals surface area contributed by atoms with Gasteiger partial charge in [-0.1, -0.05) is 54.6 Å². The van der Waals surface area contributed by atoms with Crippen molar-refractivity contribution in [3.05, 3.63) is 95.6 Å². The van der Waals surface area contributed by atoms with E-state index in [-0.39, 0.29) is 0 Å². The Morgan fingerprint density at radius 1 is 0.714 bits per heavy atom. The topological polar surface area (TPSA) is 44.8 Å². The van der Waals surface area contributed by atoms with Gasteiger partial charge in [0, 0.05) is 6.42 Å². The van der Waals surface area contributed by atoms with Gasteiger partial charge >= 0.3 is 0 Å². The molecule has 3 aromatic carbocycles. The SMILES string of the molecule is COc1ccc(C(OCCC=O)(c2ccccc2)c2ccc(OC)cc2)cc1. The molecule has 0 saturated carbocycles. The van der Waals surface area contributed by atoms with Crippen molar-refractivity contribution < 1.29 is 19.0 Å². The lowest BCUT2D eigenvalue weighted by Gasteiger charge is -2.36. The van der Waals surface area contributed by atoms with E-state index in [1.807, 2.05) is 78.9 Å². The molecule has 0 aliphatic carbocycles. The molecule has 144 valence electrons. The average molecular weight is 376 g/mol. The summed E-state index contributed by atoms with van der Waals surface area (Å²) in [5.41, 5.74) is 2.03. The number of benzene rings is 3. The number of methoxy groups -OCH3 is 2. The number of carbonyl (C=O) groups is 1. The third-order valence-electron chi connectivity index (χ3n) is 4.73. The highest BCUT2D eigenvalue weighted by molar-refractivity contribution is 5.51. The molecule has 0 amide bonds. The number of aldehydes is 1. The third kappa shape index (κ3) is 3.92. The third-order valence-corrected chi connectivity index (χ3v) is 4.73. The summed E-state index contributed by atoms with van der Waals surface area (Å²) in [6.07, 6.45) is 1.19. The Balaban J connectivity index is 2.21. The van der Waals surface area contributed by atoms with Gasteiger partial charge in [0.2, 0.25) is 0 Å². The summed E-state index contributed by atoms with van der Waals surface area (Å²) in [5, 5.41) is 0. The van der Waals surface area contributed by atoms with Crippen LogP contribution in [-0.4, -0.2) is 27.1 Å². The summed E-state index contributed by atoms with van der Waals surface area (Å²) in [6, 6.07) is 25.7. The lowest BCUT2D eigenvalue weighted by molar-refractivity contribution is -0.109. The van der Waals surface area contributed by atoms with Gasteiger partial charge in [0.05, 0.1) is 20.8 Å². The smallest absolute Gasteiger partial charge is 0.143 e. The second-order valence-corrected chi connectivity index (χ2v) is 6.31. The van der Waals surface area contributed by atoms with Gasteiger partial charge in [-0.15, -0.1) is 0 Å². The lowest BCUT2D eigenvalue weighted by atomic mass is 9.80. The molecule has 0 spiro atoms. The van der Waals surface area contributed by atoms with Crippen molar-refractivity contribution in [1.82, 2.24) is 0 Å². The molecule has 0 fully saturated rings. The van der Waals surface area contributed by atoms with Crippen molar-refractivity contribution >= 4 is 6.29 Å². The van der Waals surface area contributed by atoms with Crippen LogP contribution in [0.3, 0.4) is 0 Å². The van der Waals surface area contributed by atoms with Gasteiger partial charge in [-0.05, 0) is 41.0 Å². The fourth-order valence-corrected chi connectivity index (χ4v) is 3.33. The zero-order valence-electron chi connectivity index (χ0n) is 16.1. The fourth-order valence-electron chi connectivity index (χ4n) is 3.33. The van der Waals surface area contributed by atoms with Crippen LogP contribution >= 0.6 is 0 Å². The maximum atomic E-state index is 11.0. The highest BCUT2D eigenvalue weighted by Crippen LogP contribution is 2.41. The molecule has 0 radical (unpaired) electrons. The molecule has 3 rings (SSSR count). The summed E-state index contributed by atoms with van der Waals surface area (Å²) >= 11 is 0. The van der Waals surface area contributed by atoms with Crippen LogP contribution in [-0.2, 0) is 15.1 Å². The van der Waals surface area contributed by atoms with E-state index in [0.29, 0.717) is 13.0 Å². The van der Waals surface area contributed by atoms with E-state index in [0.717, 1.165) is 34.5 Å². The average Bonchev–Trinajstić information content (AvgIpc) is 2.78. The second kappa shape index (κ2) is 9.20. The Labute approximate surface area is 165 Å². The maximum Gasteiger partial charge on any atom is 0.143 e. The van der Waals surface area contributed by atoms with Crippen LogP contribution in [0.1, 0.15) is 23.1 Å². The molecular formula is C24H24O4. The molecule has 0 unspecified atom stereocenters. The van der Waals surface area contributed by atoms with Crippen LogP contribution in [0.5, 0.6) is 11.5 Å². The lowest BCUT2D eigenvalue weighted by Crippen LogP contribution is -2.33. The molecular weight excluding hydrogens is 352 g/mol. The monoisotopic (exact) mass is 376 g/mol. The van der Waals surface area contributed by atoms with Gasteiger partial charge in [-0.25, -0.2) is 0 Å². The van der Waals surface area contributed by atoms with E-state index >= 15 is 0 Å². The summed E-state index contributed by atoms with van der Waals surface area (Å²) in [5.74, 6) is 1.54. The molecule has 0 saturated heterocycles. The van der Waals surface area contributed by atoms with Gasteiger partial charge in [-0.3, -0.25) is 0 Å². The van der Waals surface area contributed by atoms with Crippen LogP contribution in [0.4, 0.5) is 0 Å². The zero-order valence-corrected chi connectivity index (χ0v) is 16.1. The summed E-state index contributed by atoms with van der Waals surface area (Å²) in [4.78, 5) is 11.0. The molecule has 0 atom stereocenters. The van der Waals surface area contributed by atoms with Crippen molar-refractivity contribution in [2.45, 2.75) is 12.0 Å². The Kier molecular flexibility index (Phi) is 6.45. The van der Waals surface area contributed by atoms with Crippen LogP contribution in [0.15, 0.2) is 78.9 Å². The van der Waals surface area contributed by atoms with E-state index in [4.69, 9.17) is 14.2 Å². The summed E-state index contributed by atoms with van der Waals surface area (Å²) in [7, 11) is 3.28. The van der Waals surface area contributed by atoms with Crippen molar-refractivity contribution in [3.63, 3.8) is 0 Å². The van der Waals surface area contributed by atoms with Gasteiger partial charge in [0.15, 0.2) is 0 Å². The molecule has 0 N–H and O–H groups in total. The van der Waals surface area contributed by atoms with Gasteiger partial charge < -0.3 is 19.0 Å². The van der Waals surface area contributed by atoms with Gasteiger partial charge in [0.1, 0.15) is 23.4 Å². The standard InChI is InChI=1S/C24H24O4/c1-26-22-13-9-20(10-14-22)24(28-18-6-17-25,19-7-4-3-5-8-19)21-11-15-23(27-2)16-12-21/h3-5,7-17H,6,18H2,1-2H3. The molecule has 0 aromatic heterocycles. The second-order valence-electron chi connectivity index (χ2n) is 6.31. The van der Waals surface area contributed by atoms with E-state index in [1.165, 1.54) is 0 Å².